The zero-order valence-electron chi connectivity index (χ0n) is 9.05. The molecule has 4 nitrogen and oxygen atoms in total. The van der Waals surface area contributed by atoms with E-state index in [0.717, 1.165) is 11.4 Å². The van der Waals surface area contributed by atoms with Gasteiger partial charge in [-0.1, -0.05) is 0 Å². The molecule has 86 valence electrons. The van der Waals surface area contributed by atoms with Crippen molar-refractivity contribution in [3.8, 4) is 0 Å². The third-order valence-electron chi connectivity index (χ3n) is 2.33. The highest BCUT2D eigenvalue weighted by Crippen LogP contribution is 2.18. The molecule has 4 N–H and O–H groups in total. The normalized spacial score (nSPS) is 9.88. The van der Waals surface area contributed by atoms with Crippen LogP contribution in [0.5, 0.6) is 0 Å². The second-order valence-electron chi connectivity index (χ2n) is 3.63. The highest BCUT2D eigenvalue weighted by Gasteiger charge is 2.01. The van der Waals surface area contributed by atoms with Crippen LogP contribution in [0.1, 0.15) is 10.4 Å². The minimum atomic E-state index is -0.927. The molecule has 0 saturated carbocycles. The van der Waals surface area contributed by atoms with Crippen molar-refractivity contribution in [1.29, 1.82) is 0 Å². The molecule has 0 unspecified atom stereocenters. The third kappa shape index (κ3) is 2.75. The maximum absolute atomic E-state index is 10.7. The highest BCUT2D eigenvalue weighted by atomic mass is 16.4. The number of hydrogen-bond donors (Lipinski definition) is 3. The molecule has 2 aromatic rings. The summed E-state index contributed by atoms with van der Waals surface area (Å²) < 4.78 is 0. The lowest BCUT2D eigenvalue weighted by atomic mass is 10.2. The van der Waals surface area contributed by atoms with E-state index < -0.39 is 5.97 Å². The minimum absolute atomic E-state index is 0.271. The number of aromatic carboxylic acids is 1. The van der Waals surface area contributed by atoms with Crippen LogP contribution in [0, 0.1) is 0 Å². The van der Waals surface area contributed by atoms with Crippen molar-refractivity contribution in [2.45, 2.75) is 0 Å². The van der Waals surface area contributed by atoms with Crippen molar-refractivity contribution in [3.05, 3.63) is 54.1 Å². The van der Waals surface area contributed by atoms with Gasteiger partial charge in [0.25, 0.3) is 0 Å². The monoisotopic (exact) mass is 228 g/mol. The fourth-order valence-electron chi connectivity index (χ4n) is 1.43. The Bertz CT molecular complexity index is 518. The average Bonchev–Trinajstić information content (AvgIpc) is 2.33. The Morgan fingerprint density at radius 3 is 1.88 bits per heavy atom. The van der Waals surface area contributed by atoms with E-state index in [4.69, 9.17) is 10.8 Å². The van der Waals surface area contributed by atoms with Crippen molar-refractivity contribution >= 4 is 23.0 Å². The molecule has 0 aromatic heterocycles. The van der Waals surface area contributed by atoms with Crippen molar-refractivity contribution < 1.29 is 9.90 Å². The maximum atomic E-state index is 10.7. The number of anilines is 3. The summed E-state index contributed by atoms with van der Waals surface area (Å²) >= 11 is 0. The predicted octanol–water partition coefficient (Wildman–Crippen LogP) is 2.71. The van der Waals surface area contributed by atoms with E-state index in [1.165, 1.54) is 0 Å². The van der Waals surface area contributed by atoms with E-state index >= 15 is 0 Å². The molecule has 0 saturated heterocycles. The summed E-state index contributed by atoms with van der Waals surface area (Å²) in [6, 6.07) is 13.9. The summed E-state index contributed by atoms with van der Waals surface area (Å²) in [5, 5.41) is 11.9. The van der Waals surface area contributed by atoms with Crippen molar-refractivity contribution in [2.75, 3.05) is 11.1 Å². The molecule has 2 aromatic carbocycles. The first-order valence-corrected chi connectivity index (χ1v) is 5.11. The number of nitrogens with two attached hydrogens (primary N) is 1. The fraction of sp³-hybridized carbons (Fsp3) is 0. The summed E-state index contributed by atoms with van der Waals surface area (Å²) in [4.78, 5) is 10.7. The topological polar surface area (TPSA) is 75.3 Å². The molecule has 0 spiro atoms. The van der Waals surface area contributed by atoms with E-state index in [1.54, 1.807) is 36.4 Å². The minimum Gasteiger partial charge on any atom is -0.478 e. The van der Waals surface area contributed by atoms with Gasteiger partial charge in [0.05, 0.1) is 5.56 Å². The van der Waals surface area contributed by atoms with Crippen LogP contribution in [0.4, 0.5) is 17.1 Å². The lowest BCUT2D eigenvalue weighted by Crippen LogP contribution is -1.96. The molecule has 0 radical (unpaired) electrons. The van der Waals surface area contributed by atoms with Crippen LogP contribution in [-0.4, -0.2) is 11.1 Å². The van der Waals surface area contributed by atoms with Crippen LogP contribution < -0.4 is 11.1 Å². The van der Waals surface area contributed by atoms with Crippen LogP contribution in [-0.2, 0) is 0 Å². The Morgan fingerprint density at radius 2 is 1.41 bits per heavy atom. The van der Waals surface area contributed by atoms with Crippen LogP contribution in [0.2, 0.25) is 0 Å². The Morgan fingerprint density at radius 1 is 0.941 bits per heavy atom. The Kier molecular flexibility index (Phi) is 2.96. The molecule has 0 bridgehead atoms. The van der Waals surface area contributed by atoms with Gasteiger partial charge >= 0.3 is 5.97 Å². The van der Waals surface area contributed by atoms with Gasteiger partial charge in [-0.15, -0.1) is 0 Å². The standard InChI is InChI=1S/C13H12N2O2/c14-10-3-7-12(8-4-10)15-11-5-1-9(2-6-11)13(16)17/h1-8,15H,14H2,(H,16,17). The lowest BCUT2D eigenvalue weighted by Gasteiger charge is -2.06. The van der Waals surface area contributed by atoms with Crippen LogP contribution >= 0.6 is 0 Å². The summed E-state index contributed by atoms with van der Waals surface area (Å²) in [6.45, 7) is 0. The molecule has 0 aliphatic carbocycles. The van der Waals surface area contributed by atoms with E-state index in [9.17, 15) is 4.79 Å². The lowest BCUT2D eigenvalue weighted by molar-refractivity contribution is 0.0697. The molecule has 2 rings (SSSR count). The maximum Gasteiger partial charge on any atom is 0.335 e. The summed E-state index contributed by atoms with van der Waals surface area (Å²) in [5.41, 5.74) is 8.29. The van der Waals surface area contributed by atoms with Gasteiger partial charge in [-0.05, 0) is 48.5 Å². The van der Waals surface area contributed by atoms with E-state index in [1.807, 2.05) is 12.1 Å². The van der Waals surface area contributed by atoms with Gasteiger partial charge in [0, 0.05) is 17.1 Å². The predicted molar refractivity (Wildman–Crippen MR) is 67.5 cm³/mol. The van der Waals surface area contributed by atoms with Crippen LogP contribution in [0.3, 0.4) is 0 Å². The Balaban J connectivity index is 2.13. The van der Waals surface area contributed by atoms with E-state index in [-0.39, 0.29) is 5.56 Å². The van der Waals surface area contributed by atoms with E-state index in [0.29, 0.717) is 5.69 Å². The second-order valence-corrected chi connectivity index (χ2v) is 3.63. The number of carboxylic acids is 1. The second kappa shape index (κ2) is 4.57. The van der Waals surface area contributed by atoms with Gasteiger partial charge in [0.2, 0.25) is 0 Å². The average molecular weight is 228 g/mol. The smallest absolute Gasteiger partial charge is 0.335 e. The van der Waals surface area contributed by atoms with Gasteiger partial charge in [0.15, 0.2) is 0 Å². The molecule has 0 aliphatic heterocycles. The quantitative estimate of drug-likeness (QED) is 0.706. The van der Waals surface area contributed by atoms with E-state index in [2.05, 4.69) is 5.32 Å². The van der Waals surface area contributed by atoms with Crippen molar-refractivity contribution in [3.63, 3.8) is 0 Å². The largest absolute Gasteiger partial charge is 0.478 e. The van der Waals surface area contributed by atoms with Crippen molar-refractivity contribution in [1.82, 2.24) is 0 Å². The fourth-order valence-corrected chi connectivity index (χ4v) is 1.43. The van der Waals surface area contributed by atoms with Gasteiger partial charge in [-0.2, -0.15) is 0 Å². The van der Waals surface area contributed by atoms with Crippen LogP contribution in [0.25, 0.3) is 0 Å². The van der Waals surface area contributed by atoms with Crippen LogP contribution in [0.15, 0.2) is 48.5 Å². The summed E-state index contributed by atoms with van der Waals surface area (Å²) in [5.74, 6) is -0.927. The van der Waals surface area contributed by atoms with Gasteiger partial charge in [-0.25, -0.2) is 4.79 Å². The zero-order chi connectivity index (χ0) is 12.3. The first-order valence-electron chi connectivity index (χ1n) is 5.11. The molecule has 17 heavy (non-hydrogen) atoms. The molecule has 0 aliphatic rings. The number of carboxylic acid groups (broad SMARTS) is 1. The number of nitrogen functional groups attached to an aromatic ring is 1. The first-order chi connectivity index (χ1) is 8.15. The molecule has 0 amide bonds. The number of hydrogen-bond acceptors (Lipinski definition) is 3. The van der Waals surface area contributed by atoms with Crippen molar-refractivity contribution in [2.24, 2.45) is 0 Å². The van der Waals surface area contributed by atoms with Gasteiger partial charge in [-0.3, -0.25) is 0 Å². The first kappa shape index (κ1) is 11.0. The molecule has 4 heteroatoms. The molecule has 0 heterocycles. The number of rotatable bonds is 3. The summed E-state index contributed by atoms with van der Waals surface area (Å²) in [6.07, 6.45) is 0. The molecular formula is C13H12N2O2. The highest BCUT2D eigenvalue weighted by molar-refractivity contribution is 5.88. The number of carbonyl (C=O) groups is 1. The third-order valence-corrected chi connectivity index (χ3v) is 2.33. The summed E-state index contributed by atoms with van der Waals surface area (Å²) in [7, 11) is 0. The van der Waals surface area contributed by atoms with Gasteiger partial charge in [0.1, 0.15) is 0 Å². The Labute approximate surface area is 98.7 Å². The molecule has 0 atom stereocenters. The van der Waals surface area contributed by atoms with Gasteiger partial charge < -0.3 is 16.2 Å². The number of nitrogens with one attached hydrogen (secondary N) is 1. The Hall–Kier alpha value is -2.49. The zero-order valence-corrected chi connectivity index (χ0v) is 9.05. The number of benzene rings is 2. The molecular weight excluding hydrogens is 216 g/mol. The molecule has 0 fully saturated rings. The SMILES string of the molecule is Nc1ccc(Nc2ccc(C(=O)O)cc2)cc1.